The van der Waals surface area contributed by atoms with Crippen molar-refractivity contribution in [3.05, 3.63) is 66.2 Å². The summed E-state index contributed by atoms with van der Waals surface area (Å²) < 4.78 is 0. The number of rotatable bonds is 9. The van der Waals surface area contributed by atoms with E-state index in [1.54, 1.807) is 10.8 Å². The van der Waals surface area contributed by atoms with E-state index in [4.69, 9.17) is 0 Å². The molecule has 0 aliphatic carbocycles. The zero-order valence-electron chi connectivity index (χ0n) is 13.3. The van der Waals surface area contributed by atoms with E-state index < -0.39 is 0 Å². The lowest BCUT2D eigenvalue weighted by Gasteiger charge is -2.16. The van der Waals surface area contributed by atoms with Crippen LogP contribution in [0.5, 0.6) is 0 Å². The molecule has 1 atom stereocenters. The summed E-state index contributed by atoms with van der Waals surface area (Å²) in [6.45, 7) is 2.31. The van der Waals surface area contributed by atoms with Crippen molar-refractivity contribution in [3.63, 3.8) is 0 Å². The summed E-state index contributed by atoms with van der Waals surface area (Å²) in [7, 11) is -0.0626. The van der Waals surface area contributed by atoms with Crippen LogP contribution in [0.2, 0.25) is 5.16 Å². The maximum atomic E-state index is 2.36. The van der Waals surface area contributed by atoms with Gasteiger partial charge in [0.2, 0.25) is 0 Å². The lowest BCUT2D eigenvalue weighted by molar-refractivity contribution is 0.685. The molecule has 2 heteroatoms. The molecule has 0 heterocycles. The van der Waals surface area contributed by atoms with E-state index in [1.807, 2.05) is 0 Å². The van der Waals surface area contributed by atoms with Crippen molar-refractivity contribution in [1.82, 2.24) is 0 Å². The van der Waals surface area contributed by atoms with Gasteiger partial charge in [0.25, 0.3) is 0 Å². The van der Waals surface area contributed by atoms with Crippen molar-refractivity contribution in [3.8, 4) is 0 Å². The van der Waals surface area contributed by atoms with Gasteiger partial charge < -0.3 is 0 Å². The molecule has 0 unspecified atom stereocenters. The quantitative estimate of drug-likeness (QED) is 0.493. The molecule has 2 aromatic carbocycles. The maximum Gasteiger partial charge on any atom is 0.0547 e. The molecule has 0 radical (unpaired) electrons. The molecule has 0 saturated carbocycles. The van der Waals surface area contributed by atoms with Gasteiger partial charge in [-0.05, 0) is 6.04 Å². The van der Waals surface area contributed by atoms with Crippen LogP contribution in [0.15, 0.2) is 60.7 Å². The predicted molar refractivity (Wildman–Crippen MR) is 101 cm³/mol. The summed E-state index contributed by atoms with van der Waals surface area (Å²) in [6.07, 6.45) is 5.70. The molecular formula is C19H28Si2. The summed E-state index contributed by atoms with van der Waals surface area (Å²) in [6, 6.07) is 23.8. The van der Waals surface area contributed by atoms with Crippen molar-refractivity contribution in [2.24, 2.45) is 0 Å². The van der Waals surface area contributed by atoms with E-state index in [0.29, 0.717) is 0 Å². The fourth-order valence-corrected chi connectivity index (χ4v) is 8.78. The second-order valence-corrected chi connectivity index (χ2v) is 11.8. The molecule has 0 nitrogen and oxygen atoms in total. The first-order valence-corrected chi connectivity index (χ1v) is 11.8. The number of unbranched alkanes of at least 4 members (excludes halogenated alkanes) is 2. The monoisotopic (exact) mass is 312 g/mol. The molecule has 2 aromatic rings. The van der Waals surface area contributed by atoms with E-state index in [2.05, 4.69) is 67.6 Å². The van der Waals surface area contributed by atoms with E-state index in [9.17, 15) is 0 Å². The molecule has 0 aliphatic rings. The summed E-state index contributed by atoms with van der Waals surface area (Å²) >= 11 is 0. The van der Waals surface area contributed by atoms with Gasteiger partial charge in [0.05, 0.1) is 9.52 Å². The lowest BCUT2D eigenvalue weighted by Crippen LogP contribution is -2.24. The highest BCUT2D eigenvalue weighted by Crippen LogP contribution is 2.15. The Balaban J connectivity index is 1.88. The van der Waals surface area contributed by atoms with Crippen molar-refractivity contribution >= 4 is 24.2 Å². The molecule has 21 heavy (non-hydrogen) atoms. The summed E-state index contributed by atoms with van der Waals surface area (Å²) in [5, 5.41) is 2.76. The average Bonchev–Trinajstić information content (AvgIpc) is 2.54. The van der Waals surface area contributed by atoms with Crippen LogP contribution in [0.25, 0.3) is 0 Å². The van der Waals surface area contributed by atoms with Crippen molar-refractivity contribution in [2.75, 3.05) is 0 Å². The first kappa shape index (κ1) is 16.2. The van der Waals surface area contributed by atoms with Gasteiger partial charge in [-0.1, -0.05) is 109 Å². The predicted octanol–water partition coefficient (Wildman–Crippen LogP) is 3.18. The Hall–Kier alpha value is -1.13. The highest BCUT2D eigenvalue weighted by Gasteiger charge is 2.11. The van der Waals surface area contributed by atoms with Gasteiger partial charge in [-0.3, -0.25) is 0 Å². The van der Waals surface area contributed by atoms with Gasteiger partial charge in [0.1, 0.15) is 0 Å². The fraction of sp³-hybridized carbons (Fsp3) is 0.368. The first-order chi connectivity index (χ1) is 10.4. The second kappa shape index (κ2) is 9.75. The van der Waals surface area contributed by atoms with Crippen molar-refractivity contribution in [1.29, 1.82) is 0 Å². The average molecular weight is 313 g/mol. The molecule has 0 spiro atoms. The number of benzene rings is 2. The first-order valence-electron chi connectivity index (χ1n) is 8.46. The highest BCUT2D eigenvalue weighted by molar-refractivity contribution is 6.67. The molecule has 0 aliphatic heterocycles. The largest absolute Gasteiger partial charge is 0.0669 e. The molecule has 112 valence electrons. The van der Waals surface area contributed by atoms with Crippen LogP contribution in [0, 0.1) is 0 Å². The topological polar surface area (TPSA) is 0 Å². The van der Waals surface area contributed by atoms with Crippen LogP contribution in [0.4, 0.5) is 0 Å². The normalized spacial score (nSPS) is 13.4. The van der Waals surface area contributed by atoms with Crippen molar-refractivity contribution < 1.29 is 0 Å². The minimum absolute atomic E-state index is 0.0170. The van der Waals surface area contributed by atoms with Crippen LogP contribution >= 0.6 is 0 Å². The third-order valence-electron chi connectivity index (χ3n) is 4.27. The highest BCUT2D eigenvalue weighted by atomic mass is 28.3. The van der Waals surface area contributed by atoms with E-state index >= 15 is 0 Å². The molecule has 0 amide bonds. The Labute approximate surface area is 134 Å². The molecule has 0 N–H and O–H groups in total. The van der Waals surface area contributed by atoms with Crippen LogP contribution in [0.1, 0.15) is 38.2 Å². The molecule has 0 bridgehead atoms. The van der Waals surface area contributed by atoms with Gasteiger partial charge in [-0.25, -0.2) is 0 Å². The van der Waals surface area contributed by atoms with Gasteiger partial charge in [-0.2, -0.15) is 0 Å². The summed E-state index contributed by atoms with van der Waals surface area (Å²) in [5.41, 5.74) is 1.56. The lowest BCUT2D eigenvalue weighted by atomic mass is 10.2. The van der Waals surface area contributed by atoms with Crippen LogP contribution in [0.3, 0.4) is 0 Å². The Morgan fingerprint density at radius 1 is 0.857 bits per heavy atom. The van der Waals surface area contributed by atoms with Gasteiger partial charge in [0, 0.05) is 9.52 Å². The molecule has 2 rings (SSSR count). The van der Waals surface area contributed by atoms with E-state index in [1.165, 1.54) is 31.7 Å². The molecule has 0 aromatic heterocycles. The molecule has 0 fully saturated rings. The Bertz CT molecular complexity index is 481. The molecule has 0 saturated heterocycles. The SMILES string of the molecule is CCCCC[C@@H]([SiH2]Cc1ccccc1)[SiH2]c1ccccc1. The minimum Gasteiger partial charge on any atom is -0.0669 e. The Kier molecular flexibility index (Phi) is 7.54. The zero-order chi connectivity index (χ0) is 14.8. The zero-order valence-corrected chi connectivity index (χ0v) is 16.1. The summed E-state index contributed by atoms with van der Waals surface area (Å²) in [4.78, 5) is 0. The molecular weight excluding hydrogens is 284 g/mol. The summed E-state index contributed by atoms with van der Waals surface area (Å²) in [5.74, 6) is 0. The second-order valence-electron chi connectivity index (χ2n) is 6.08. The smallest absolute Gasteiger partial charge is 0.0547 e. The fourth-order valence-electron chi connectivity index (χ4n) is 2.99. The number of hydrogen-bond acceptors (Lipinski definition) is 0. The maximum absolute atomic E-state index is 2.36. The van der Waals surface area contributed by atoms with E-state index in [0.717, 1.165) is 5.16 Å². The van der Waals surface area contributed by atoms with Gasteiger partial charge in [-0.15, -0.1) is 0 Å². The van der Waals surface area contributed by atoms with Crippen LogP contribution < -0.4 is 5.19 Å². The van der Waals surface area contributed by atoms with Gasteiger partial charge in [0.15, 0.2) is 0 Å². The van der Waals surface area contributed by atoms with Crippen LogP contribution in [-0.4, -0.2) is 19.0 Å². The third-order valence-corrected chi connectivity index (χ3v) is 10.4. The van der Waals surface area contributed by atoms with Crippen LogP contribution in [-0.2, 0) is 6.04 Å². The van der Waals surface area contributed by atoms with Crippen molar-refractivity contribution in [2.45, 2.75) is 43.8 Å². The van der Waals surface area contributed by atoms with Gasteiger partial charge >= 0.3 is 0 Å². The number of hydrogen-bond donors (Lipinski definition) is 0. The standard InChI is InChI=1S/C19H28Si2/c1-2-3-6-15-19(21-18-13-9-5-10-14-18)20-16-17-11-7-4-8-12-17/h4-5,7-14,19H,2-3,6,15-16,20-21H2,1H3/t19-/m0/s1. The van der Waals surface area contributed by atoms with E-state index in [-0.39, 0.29) is 19.0 Å². The third kappa shape index (κ3) is 6.45. The Morgan fingerprint density at radius 2 is 1.52 bits per heavy atom. The Morgan fingerprint density at radius 3 is 2.19 bits per heavy atom. The minimum atomic E-state index is -0.0795.